The molecule has 2 heterocycles. The molecule has 2 saturated carbocycles. The highest BCUT2D eigenvalue weighted by molar-refractivity contribution is 6.07. The van der Waals surface area contributed by atoms with Crippen LogP contribution in [0.4, 0.5) is 5.82 Å². The molecular formula is C23H28N4O2. The van der Waals surface area contributed by atoms with Crippen LogP contribution in [0.15, 0.2) is 30.3 Å². The third kappa shape index (κ3) is 3.93. The normalized spacial score (nSPS) is 20.5. The van der Waals surface area contributed by atoms with Crippen molar-refractivity contribution in [2.45, 2.75) is 44.6 Å². The number of nitrogens with one attached hydrogen (secondary N) is 1. The fraction of sp³-hybridized carbons (Fsp3) is 0.522. The number of amides is 2. The van der Waals surface area contributed by atoms with E-state index >= 15 is 0 Å². The van der Waals surface area contributed by atoms with E-state index in [1.54, 1.807) is 0 Å². The average molecular weight is 393 g/mol. The van der Waals surface area contributed by atoms with Crippen LogP contribution in [-0.4, -0.2) is 53.9 Å². The molecule has 0 radical (unpaired) electrons. The van der Waals surface area contributed by atoms with E-state index in [1.807, 2.05) is 40.1 Å². The Morgan fingerprint density at radius 3 is 2.66 bits per heavy atom. The number of fused-ring (bicyclic) bond motifs is 1. The minimum absolute atomic E-state index is 0.0430. The number of aromatic nitrogens is 1. The van der Waals surface area contributed by atoms with E-state index in [9.17, 15) is 9.59 Å². The number of piperazine rings is 1. The summed E-state index contributed by atoms with van der Waals surface area (Å²) in [7, 11) is 0. The van der Waals surface area contributed by atoms with Gasteiger partial charge in [-0.25, -0.2) is 4.98 Å². The van der Waals surface area contributed by atoms with Crippen LogP contribution in [0.5, 0.6) is 0 Å². The Kier molecular flexibility index (Phi) is 4.86. The molecule has 1 saturated heterocycles. The molecule has 0 atom stereocenters. The Hall–Kier alpha value is -2.63. The topological polar surface area (TPSA) is 65.5 Å². The Labute approximate surface area is 171 Å². The summed E-state index contributed by atoms with van der Waals surface area (Å²) in [5.74, 6) is 1.51. The highest BCUT2D eigenvalue weighted by Crippen LogP contribution is 2.28. The van der Waals surface area contributed by atoms with E-state index in [2.05, 4.69) is 5.32 Å². The van der Waals surface area contributed by atoms with Gasteiger partial charge in [-0.3, -0.25) is 9.59 Å². The first-order chi connectivity index (χ1) is 14.2. The van der Waals surface area contributed by atoms with Crippen molar-refractivity contribution in [2.75, 3.05) is 31.1 Å². The summed E-state index contributed by atoms with van der Waals surface area (Å²) in [6.45, 7) is 2.72. The molecule has 3 aliphatic rings. The highest BCUT2D eigenvalue weighted by Gasteiger charge is 2.29. The number of nitrogens with zero attached hydrogens (tertiary/aromatic N) is 3. The van der Waals surface area contributed by atoms with Gasteiger partial charge in [0.25, 0.3) is 5.91 Å². The van der Waals surface area contributed by atoms with Gasteiger partial charge in [0.05, 0.1) is 17.6 Å². The Morgan fingerprint density at radius 2 is 1.90 bits per heavy atom. The van der Waals surface area contributed by atoms with Gasteiger partial charge in [-0.15, -0.1) is 0 Å². The number of pyridine rings is 1. The van der Waals surface area contributed by atoms with Crippen LogP contribution in [0.2, 0.25) is 0 Å². The van der Waals surface area contributed by atoms with Crippen molar-refractivity contribution in [3.05, 3.63) is 35.9 Å². The predicted octanol–water partition coefficient (Wildman–Crippen LogP) is 2.97. The summed E-state index contributed by atoms with van der Waals surface area (Å²) in [5.41, 5.74) is 1.45. The van der Waals surface area contributed by atoms with Crippen molar-refractivity contribution in [3.8, 4) is 0 Å². The smallest absolute Gasteiger partial charge is 0.252 e. The van der Waals surface area contributed by atoms with Crippen LogP contribution in [0.1, 0.15) is 48.9 Å². The number of rotatable bonds is 5. The van der Waals surface area contributed by atoms with E-state index in [1.165, 1.54) is 25.7 Å². The molecule has 0 spiro atoms. The second-order valence-electron chi connectivity index (χ2n) is 8.70. The molecule has 29 heavy (non-hydrogen) atoms. The van der Waals surface area contributed by atoms with Gasteiger partial charge in [-0.2, -0.15) is 0 Å². The minimum atomic E-state index is -0.0430. The lowest BCUT2D eigenvalue weighted by molar-refractivity contribution is -0.131. The maximum Gasteiger partial charge on any atom is 0.252 e. The molecule has 1 N–H and O–H groups in total. The number of anilines is 1. The van der Waals surface area contributed by atoms with Crippen molar-refractivity contribution in [2.24, 2.45) is 5.92 Å². The summed E-state index contributed by atoms with van der Waals surface area (Å²) in [6, 6.07) is 9.91. The van der Waals surface area contributed by atoms with Gasteiger partial charge in [0.1, 0.15) is 5.82 Å². The lowest BCUT2D eigenvalue weighted by Gasteiger charge is -2.36. The molecule has 1 aromatic heterocycles. The van der Waals surface area contributed by atoms with Crippen LogP contribution < -0.4 is 10.2 Å². The lowest BCUT2D eigenvalue weighted by Crippen LogP contribution is -2.51. The molecule has 0 bridgehead atoms. The van der Waals surface area contributed by atoms with Crippen LogP contribution in [0, 0.1) is 5.92 Å². The minimum Gasteiger partial charge on any atom is -0.349 e. The van der Waals surface area contributed by atoms with Crippen molar-refractivity contribution < 1.29 is 9.59 Å². The van der Waals surface area contributed by atoms with Crippen LogP contribution in [-0.2, 0) is 4.79 Å². The number of benzene rings is 1. The summed E-state index contributed by atoms with van der Waals surface area (Å²) in [6.07, 6.45) is 7.20. The summed E-state index contributed by atoms with van der Waals surface area (Å²) in [5, 5.41) is 3.95. The molecule has 0 unspecified atom stereocenters. The second kappa shape index (κ2) is 7.65. The van der Waals surface area contributed by atoms with E-state index < -0.39 is 0 Å². The van der Waals surface area contributed by atoms with E-state index in [0.29, 0.717) is 24.1 Å². The maximum absolute atomic E-state index is 12.8. The average Bonchev–Trinajstić information content (AvgIpc) is 3.40. The molecule has 6 heteroatoms. The van der Waals surface area contributed by atoms with Gasteiger partial charge in [-0.1, -0.05) is 31.0 Å². The standard InChI is InChI=1S/C23H28N4O2/c28-22-15-26(11-12-27(22)14-16-5-1-2-6-16)21-13-19(23(29)24-17-9-10-17)18-7-3-4-8-20(18)25-21/h3-4,7-8,13,16-17H,1-2,5-6,9-12,14-15H2,(H,24,29). The quantitative estimate of drug-likeness (QED) is 0.850. The molecule has 1 aliphatic heterocycles. The van der Waals surface area contributed by atoms with Crippen molar-refractivity contribution in [3.63, 3.8) is 0 Å². The summed E-state index contributed by atoms with van der Waals surface area (Å²) < 4.78 is 0. The van der Waals surface area contributed by atoms with Gasteiger partial charge < -0.3 is 15.1 Å². The predicted molar refractivity (Wildman–Crippen MR) is 113 cm³/mol. The fourth-order valence-corrected chi connectivity index (χ4v) is 4.60. The number of carbonyl (C=O) groups excluding carboxylic acids is 2. The van der Waals surface area contributed by atoms with Crippen molar-refractivity contribution in [1.29, 1.82) is 0 Å². The molecule has 2 amide bonds. The zero-order valence-electron chi connectivity index (χ0n) is 16.8. The third-order valence-corrected chi connectivity index (χ3v) is 6.46. The van der Waals surface area contributed by atoms with Gasteiger partial charge in [0.2, 0.25) is 5.91 Å². The van der Waals surface area contributed by atoms with Crippen molar-refractivity contribution in [1.82, 2.24) is 15.2 Å². The zero-order valence-corrected chi connectivity index (χ0v) is 16.8. The van der Waals surface area contributed by atoms with Gasteiger partial charge in [0, 0.05) is 31.1 Å². The molecule has 152 valence electrons. The molecule has 1 aromatic carbocycles. The summed E-state index contributed by atoms with van der Waals surface area (Å²) in [4.78, 5) is 34.4. The van der Waals surface area contributed by atoms with E-state index in [-0.39, 0.29) is 11.8 Å². The molecule has 3 fully saturated rings. The first-order valence-corrected chi connectivity index (χ1v) is 10.9. The lowest BCUT2D eigenvalue weighted by atomic mass is 10.1. The maximum atomic E-state index is 12.8. The van der Waals surface area contributed by atoms with Crippen LogP contribution in [0.3, 0.4) is 0 Å². The first kappa shape index (κ1) is 18.4. The van der Waals surface area contributed by atoms with Crippen molar-refractivity contribution >= 4 is 28.5 Å². The molecule has 2 aromatic rings. The first-order valence-electron chi connectivity index (χ1n) is 10.9. The fourth-order valence-electron chi connectivity index (χ4n) is 4.60. The van der Waals surface area contributed by atoms with E-state index in [4.69, 9.17) is 4.98 Å². The summed E-state index contributed by atoms with van der Waals surface area (Å²) >= 11 is 0. The number of para-hydroxylation sites is 1. The number of carbonyl (C=O) groups is 2. The largest absolute Gasteiger partial charge is 0.349 e. The Bertz CT molecular complexity index is 934. The van der Waals surface area contributed by atoms with Crippen LogP contribution >= 0.6 is 0 Å². The van der Waals surface area contributed by atoms with Gasteiger partial charge in [-0.05, 0) is 43.7 Å². The van der Waals surface area contributed by atoms with Crippen LogP contribution in [0.25, 0.3) is 10.9 Å². The number of hydrogen-bond donors (Lipinski definition) is 1. The van der Waals surface area contributed by atoms with Gasteiger partial charge in [0.15, 0.2) is 0 Å². The zero-order chi connectivity index (χ0) is 19.8. The second-order valence-corrected chi connectivity index (χ2v) is 8.70. The third-order valence-electron chi connectivity index (χ3n) is 6.46. The SMILES string of the molecule is O=C(NC1CC1)c1cc(N2CCN(CC3CCCC3)C(=O)C2)nc2ccccc12. The van der Waals surface area contributed by atoms with Gasteiger partial charge >= 0.3 is 0 Å². The number of hydrogen-bond acceptors (Lipinski definition) is 4. The molecule has 2 aliphatic carbocycles. The Balaban J connectivity index is 1.37. The monoisotopic (exact) mass is 392 g/mol. The highest BCUT2D eigenvalue weighted by atomic mass is 16.2. The Morgan fingerprint density at radius 1 is 1.10 bits per heavy atom. The van der Waals surface area contributed by atoms with E-state index in [0.717, 1.165) is 49.2 Å². The molecule has 6 nitrogen and oxygen atoms in total. The molecular weight excluding hydrogens is 364 g/mol. The molecule has 5 rings (SSSR count).